The monoisotopic (exact) mass is 186 g/mol. The second-order valence-corrected chi connectivity index (χ2v) is 3.78. The molecule has 12 heavy (non-hydrogen) atoms. The Morgan fingerprint density at radius 1 is 1.33 bits per heavy atom. The summed E-state index contributed by atoms with van der Waals surface area (Å²) in [5.74, 6) is 0.454. The summed E-state index contributed by atoms with van der Waals surface area (Å²) in [5, 5.41) is 0.344. The Labute approximate surface area is 76.7 Å². The summed E-state index contributed by atoms with van der Waals surface area (Å²) >= 11 is 5.62. The molecule has 0 atom stereocenters. The first-order valence-corrected chi connectivity index (χ1v) is 4.02. The summed E-state index contributed by atoms with van der Waals surface area (Å²) in [5.41, 5.74) is -0.265. The Bertz CT molecular complexity index is 270. The SMILES string of the molecule is CC(C)(C)Oc1cncc(Cl)n1. The van der Waals surface area contributed by atoms with E-state index in [4.69, 9.17) is 16.3 Å². The Hall–Kier alpha value is -0.830. The number of nitrogens with zero attached hydrogens (tertiary/aromatic N) is 2. The first kappa shape index (κ1) is 9.26. The van der Waals surface area contributed by atoms with Gasteiger partial charge in [0, 0.05) is 0 Å². The fourth-order valence-electron chi connectivity index (χ4n) is 0.688. The molecule has 3 nitrogen and oxygen atoms in total. The molecule has 1 rings (SSSR count). The summed E-state index contributed by atoms with van der Waals surface area (Å²) in [4.78, 5) is 7.79. The zero-order valence-electron chi connectivity index (χ0n) is 7.34. The fraction of sp³-hybridized carbons (Fsp3) is 0.500. The van der Waals surface area contributed by atoms with Gasteiger partial charge in [0.2, 0.25) is 5.88 Å². The van der Waals surface area contributed by atoms with Crippen molar-refractivity contribution in [2.24, 2.45) is 0 Å². The molecule has 0 amide bonds. The van der Waals surface area contributed by atoms with Crippen molar-refractivity contribution in [3.63, 3.8) is 0 Å². The predicted molar refractivity (Wildman–Crippen MR) is 47.4 cm³/mol. The number of aromatic nitrogens is 2. The van der Waals surface area contributed by atoms with Gasteiger partial charge in [-0.15, -0.1) is 0 Å². The van der Waals surface area contributed by atoms with Gasteiger partial charge in [0.15, 0.2) is 5.15 Å². The third-order valence-electron chi connectivity index (χ3n) is 0.994. The lowest BCUT2D eigenvalue weighted by Gasteiger charge is -2.19. The van der Waals surface area contributed by atoms with Crippen molar-refractivity contribution in [1.82, 2.24) is 9.97 Å². The van der Waals surface area contributed by atoms with Crippen LogP contribution in [0.5, 0.6) is 5.88 Å². The zero-order chi connectivity index (χ0) is 9.19. The van der Waals surface area contributed by atoms with Gasteiger partial charge >= 0.3 is 0 Å². The molecule has 66 valence electrons. The molecular weight excluding hydrogens is 176 g/mol. The highest BCUT2D eigenvalue weighted by Crippen LogP contribution is 2.15. The molecule has 0 spiro atoms. The molecule has 0 aromatic carbocycles. The first-order valence-electron chi connectivity index (χ1n) is 3.64. The minimum absolute atomic E-state index is 0.265. The molecule has 0 saturated carbocycles. The summed E-state index contributed by atoms with van der Waals surface area (Å²) in [7, 11) is 0. The van der Waals surface area contributed by atoms with E-state index >= 15 is 0 Å². The molecule has 0 bridgehead atoms. The van der Waals surface area contributed by atoms with Crippen LogP contribution in [0.2, 0.25) is 5.15 Å². The molecular formula is C8H11ClN2O. The van der Waals surface area contributed by atoms with Crippen molar-refractivity contribution in [2.45, 2.75) is 26.4 Å². The van der Waals surface area contributed by atoms with Gasteiger partial charge in [-0.3, -0.25) is 4.98 Å². The highest BCUT2D eigenvalue weighted by molar-refractivity contribution is 6.29. The average molecular weight is 187 g/mol. The maximum atomic E-state index is 5.62. The van der Waals surface area contributed by atoms with Gasteiger partial charge in [-0.1, -0.05) is 11.6 Å². The number of hydrogen-bond acceptors (Lipinski definition) is 3. The lowest BCUT2D eigenvalue weighted by Crippen LogP contribution is -2.23. The lowest BCUT2D eigenvalue weighted by molar-refractivity contribution is 0.123. The van der Waals surface area contributed by atoms with Crippen molar-refractivity contribution in [1.29, 1.82) is 0 Å². The van der Waals surface area contributed by atoms with E-state index in [0.29, 0.717) is 11.0 Å². The van der Waals surface area contributed by atoms with Gasteiger partial charge < -0.3 is 4.74 Å². The van der Waals surface area contributed by atoms with E-state index in [1.807, 2.05) is 20.8 Å². The molecule has 0 N–H and O–H groups in total. The maximum Gasteiger partial charge on any atom is 0.234 e. The third kappa shape index (κ3) is 3.05. The van der Waals surface area contributed by atoms with Crippen LogP contribution in [-0.4, -0.2) is 15.6 Å². The van der Waals surface area contributed by atoms with Crippen molar-refractivity contribution in [3.05, 3.63) is 17.5 Å². The largest absolute Gasteiger partial charge is 0.471 e. The van der Waals surface area contributed by atoms with E-state index in [0.717, 1.165) is 0 Å². The molecule has 0 fully saturated rings. The second-order valence-electron chi connectivity index (χ2n) is 3.39. The van der Waals surface area contributed by atoms with Gasteiger partial charge in [0.25, 0.3) is 0 Å². The third-order valence-corrected chi connectivity index (χ3v) is 1.18. The molecule has 0 saturated heterocycles. The standard InChI is InChI=1S/C8H11ClN2O/c1-8(2,3)12-7-5-10-4-6(9)11-7/h4-5H,1-3H3. The molecule has 1 aromatic heterocycles. The van der Waals surface area contributed by atoms with Crippen LogP contribution in [0.3, 0.4) is 0 Å². The van der Waals surface area contributed by atoms with Gasteiger partial charge in [-0.25, -0.2) is 0 Å². The van der Waals surface area contributed by atoms with Crippen molar-refractivity contribution < 1.29 is 4.74 Å². The summed E-state index contributed by atoms with van der Waals surface area (Å²) < 4.78 is 5.42. The Morgan fingerprint density at radius 2 is 2.00 bits per heavy atom. The molecule has 0 aliphatic carbocycles. The highest BCUT2D eigenvalue weighted by Gasteiger charge is 2.12. The lowest BCUT2D eigenvalue weighted by atomic mass is 10.2. The maximum absolute atomic E-state index is 5.62. The van der Waals surface area contributed by atoms with Gasteiger partial charge in [-0.05, 0) is 20.8 Å². The molecule has 0 unspecified atom stereocenters. The average Bonchev–Trinajstić information content (AvgIpc) is 1.82. The summed E-state index contributed by atoms with van der Waals surface area (Å²) in [6.45, 7) is 5.82. The minimum Gasteiger partial charge on any atom is -0.471 e. The Morgan fingerprint density at radius 3 is 2.50 bits per heavy atom. The van der Waals surface area contributed by atoms with Gasteiger partial charge in [0.1, 0.15) is 5.60 Å². The zero-order valence-corrected chi connectivity index (χ0v) is 8.09. The van der Waals surface area contributed by atoms with Crippen LogP contribution in [0.4, 0.5) is 0 Å². The Balaban J connectivity index is 2.77. The Kier molecular flexibility index (Phi) is 2.52. The molecule has 0 aliphatic rings. The number of rotatable bonds is 1. The van der Waals surface area contributed by atoms with Gasteiger partial charge in [-0.2, -0.15) is 4.98 Å². The van der Waals surface area contributed by atoms with Crippen molar-refractivity contribution >= 4 is 11.6 Å². The number of hydrogen-bond donors (Lipinski definition) is 0. The fourth-order valence-corrected chi connectivity index (χ4v) is 0.828. The minimum atomic E-state index is -0.265. The van der Waals surface area contributed by atoms with Crippen LogP contribution in [0.15, 0.2) is 12.4 Å². The van der Waals surface area contributed by atoms with E-state index in [-0.39, 0.29) is 5.60 Å². The molecule has 1 aromatic rings. The van der Waals surface area contributed by atoms with Crippen LogP contribution in [0.1, 0.15) is 20.8 Å². The molecule has 0 radical (unpaired) electrons. The van der Waals surface area contributed by atoms with E-state index in [1.54, 1.807) is 0 Å². The van der Waals surface area contributed by atoms with Crippen LogP contribution in [-0.2, 0) is 0 Å². The second kappa shape index (κ2) is 3.27. The van der Waals surface area contributed by atoms with Crippen LogP contribution in [0.25, 0.3) is 0 Å². The summed E-state index contributed by atoms with van der Waals surface area (Å²) in [6, 6.07) is 0. The molecule has 0 aliphatic heterocycles. The quantitative estimate of drug-likeness (QED) is 0.675. The first-order chi connectivity index (χ1) is 5.47. The van der Waals surface area contributed by atoms with Gasteiger partial charge in [0.05, 0.1) is 12.4 Å². The van der Waals surface area contributed by atoms with Crippen molar-refractivity contribution in [3.8, 4) is 5.88 Å². The molecule has 1 heterocycles. The van der Waals surface area contributed by atoms with E-state index in [9.17, 15) is 0 Å². The summed E-state index contributed by atoms with van der Waals surface area (Å²) in [6.07, 6.45) is 3.01. The predicted octanol–water partition coefficient (Wildman–Crippen LogP) is 2.31. The van der Waals surface area contributed by atoms with E-state index in [1.165, 1.54) is 12.4 Å². The smallest absolute Gasteiger partial charge is 0.234 e. The van der Waals surface area contributed by atoms with Crippen LogP contribution < -0.4 is 4.74 Å². The van der Waals surface area contributed by atoms with Crippen LogP contribution in [0, 0.1) is 0 Å². The van der Waals surface area contributed by atoms with Crippen LogP contribution >= 0.6 is 11.6 Å². The highest BCUT2D eigenvalue weighted by atomic mass is 35.5. The normalized spacial score (nSPS) is 11.3. The molecule has 4 heteroatoms. The van der Waals surface area contributed by atoms with E-state index in [2.05, 4.69) is 9.97 Å². The number of halogens is 1. The topological polar surface area (TPSA) is 35.0 Å². The van der Waals surface area contributed by atoms with E-state index < -0.39 is 0 Å². The van der Waals surface area contributed by atoms with Crippen molar-refractivity contribution in [2.75, 3.05) is 0 Å². The number of ether oxygens (including phenoxy) is 1.